The third-order valence-corrected chi connectivity index (χ3v) is 5.71. The van der Waals surface area contributed by atoms with Gasteiger partial charge >= 0.3 is 0 Å². The second-order valence-corrected chi connectivity index (χ2v) is 8.45. The monoisotopic (exact) mass is 437 g/mol. The number of rotatable bonds is 7. The molecule has 8 heteroatoms. The van der Waals surface area contributed by atoms with Crippen LogP contribution in [0, 0.1) is 0 Å². The highest BCUT2D eigenvalue weighted by Gasteiger charge is 2.24. The van der Waals surface area contributed by atoms with E-state index in [-0.39, 0.29) is 5.91 Å². The molecule has 0 unspecified atom stereocenters. The van der Waals surface area contributed by atoms with E-state index < -0.39 is 0 Å². The Labute approximate surface area is 178 Å². The quantitative estimate of drug-likeness (QED) is 0.508. The van der Waals surface area contributed by atoms with Gasteiger partial charge in [-0.05, 0) is 63.5 Å². The number of halogens is 2. The molecule has 0 saturated heterocycles. The van der Waals surface area contributed by atoms with Crippen LogP contribution in [0.15, 0.2) is 36.4 Å². The predicted molar refractivity (Wildman–Crippen MR) is 117 cm³/mol. The normalized spacial score (nSPS) is 11.2. The molecule has 0 bridgehead atoms. The molecule has 0 aliphatic carbocycles. The smallest absolute Gasteiger partial charge is 0.263 e. The van der Waals surface area contributed by atoms with Crippen LogP contribution in [-0.2, 0) is 0 Å². The van der Waals surface area contributed by atoms with E-state index in [9.17, 15) is 4.79 Å². The molecule has 3 aromatic rings. The first-order chi connectivity index (χ1) is 13.4. The van der Waals surface area contributed by atoms with Crippen molar-refractivity contribution in [3.05, 3.63) is 52.0 Å². The number of thiazole rings is 1. The summed E-state index contributed by atoms with van der Waals surface area (Å²) in [6.45, 7) is 1.38. The summed E-state index contributed by atoms with van der Waals surface area (Å²) >= 11 is 13.7. The topological polar surface area (TPSA) is 45.7 Å². The molecule has 0 saturated carbocycles. The van der Waals surface area contributed by atoms with Gasteiger partial charge in [0.1, 0.15) is 5.75 Å². The zero-order valence-corrected chi connectivity index (χ0v) is 18.2. The summed E-state index contributed by atoms with van der Waals surface area (Å²) in [4.78, 5) is 21.8. The van der Waals surface area contributed by atoms with Crippen LogP contribution in [0.25, 0.3) is 10.2 Å². The molecule has 0 aliphatic rings. The van der Waals surface area contributed by atoms with Crippen molar-refractivity contribution in [3.63, 3.8) is 0 Å². The lowest BCUT2D eigenvalue weighted by atomic mass is 10.1. The maximum atomic E-state index is 13.4. The summed E-state index contributed by atoms with van der Waals surface area (Å²) in [6.07, 6.45) is 0.804. The Balaban J connectivity index is 2.00. The Morgan fingerprint density at radius 3 is 2.54 bits per heavy atom. The molecule has 5 nitrogen and oxygen atoms in total. The van der Waals surface area contributed by atoms with Crippen molar-refractivity contribution >= 4 is 55.8 Å². The van der Waals surface area contributed by atoms with E-state index in [1.165, 1.54) is 18.4 Å². The third kappa shape index (κ3) is 4.75. The first-order valence-corrected chi connectivity index (χ1v) is 10.3. The van der Waals surface area contributed by atoms with Gasteiger partial charge < -0.3 is 9.64 Å². The van der Waals surface area contributed by atoms with Crippen molar-refractivity contribution in [2.75, 3.05) is 39.2 Å². The Bertz CT molecular complexity index is 991. The van der Waals surface area contributed by atoms with Crippen LogP contribution in [0.1, 0.15) is 16.8 Å². The number of carbonyl (C=O) groups excluding carboxylic acids is 1. The Hall–Kier alpha value is -1.86. The van der Waals surface area contributed by atoms with Gasteiger partial charge in [0.05, 0.1) is 22.9 Å². The summed E-state index contributed by atoms with van der Waals surface area (Å²) in [7, 11) is 5.55. The molecular formula is C20H21Cl2N3O2S. The number of nitrogens with zero attached hydrogens (tertiary/aromatic N) is 3. The molecule has 0 atom stereocenters. The van der Waals surface area contributed by atoms with Gasteiger partial charge in [0.25, 0.3) is 5.91 Å². The lowest BCUT2D eigenvalue weighted by molar-refractivity contribution is 0.0983. The van der Waals surface area contributed by atoms with E-state index >= 15 is 0 Å². The van der Waals surface area contributed by atoms with Crippen LogP contribution >= 0.6 is 34.5 Å². The standard InChI is InChI=1S/C20H21Cl2N3O2S/c1-24(2)9-4-10-25(19(26)15-11-13(21)6-8-17(15)27-3)20-23-16-7-5-14(22)12-18(16)28-20/h5-8,11-12H,4,9-10H2,1-3H3. The van der Waals surface area contributed by atoms with Crippen molar-refractivity contribution in [1.29, 1.82) is 0 Å². The molecule has 0 spiro atoms. The van der Waals surface area contributed by atoms with E-state index in [0.717, 1.165) is 23.2 Å². The average Bonchev–Trinajstić information content (AvgIpc) is 3.07. The third-order valence-electron chi connectivity index (χ3n) is 4.19. The predicted octanol–water partition coefficient (Wildman–Crippen LogP) is 5.21. The molecule has 148 valence electrons. The van der Waals surface area contributed by atoms with Crippen LogP contribution in [0.5, 0.6) is 5.75 Å². The van der Waals surface area contributed by atoms with E-state index in [1.807, 2.05) is 26.2 Å². The second-order valence-electron chi connectivity index (χ2n) is 6.57. The molecule has 1 heterocycles. The maximum Gasteiger partial charge on any atom is 0.263 e. The van der Waals surface area contributed by atoms with Crippen molar-refractivity contribution in [1.82, 2.24) is 9.88 Å². The molecule has 2 aromatic carbocycles. The van der Waals surface area contributed by atoms with Crippen molar-refractivity contribution in [3.8, 4) is 5.75 Å². The molecule has 0 fully saturated rings. The van der Waals surface area contributed by atoms with E-state index in [2.05, 4.69) is 9.88 Å². The number of hydrogen-bond acceptors (Lipinski definition) is 5. The van der Waals surface area contributed by atoms with Gasteiger partial charge in [-0.2, -0.15) is 0 Å². The summed E-state index contributed by atoms with van der Waals surface area (Å²) < 4.78 is 6.31. The van der Waals surface area contributed by atoms with E-state index in [1.54, 1.807) is 29.2 Å². The van der Waals surface area contributed by atoms with Crippen LogP contribution in [0.2, 0.25) is 10.0 Å². The maximum absolute atomic E-state index is 13.4. The molecule has 1 amide bonds. The highest BCUT2D eigenvalue weighted by Crippen LogP contribution is 2.33. The molecule has 0 radical (unpaired) electrons. The zero-order valence-electron chi connectivity index (χ0n) is 15.9. The number of amides is 1. The first kappa shape index (κ1) is 20.9. The average molecular weight is 438 g/mol. The van der Waals surface area contributed by atoms with Crippen LogP contribution in [0.3, 0.4) is 0 Å². The minimum Gasteiger partial charge on any atom is -0.496 e. The summed E-state index contributed by atoms with van der Waals surface area (Å²) in [5.74, 6) is 0.291. The number of fused-ring (bicyclic) bond motifs is 1. The number of ether oxygens (including phenoxy) is 1. The molecule has 3 rings (SSSR count). The van der Waals surface area contributed by atoms with Crippen LogP contribution in [-0.4, -0.2) is 50.1 Å². The summed E-state index contributed by atoms with van der Waals surface area (Å²) in [5, 5.41) is 1.75. The number of hydrogen-bond donors (Lipinski definition) is 0. The fourth-order valence-corrected chi connectivity index (χ4v) is 4.26. The molecule has 1 aromatic heterocycles. The zero-order chi connectivity index (χ0) is 20.3. The van der Waals surface area contributed by atoms with Gasteiger partial charge in [-0.25, -0.2) is 4.98 Å². The molecule has 0 N–H and O–H groups in total. The van der Waals surface area contributed by atoms with Crippen LogP contribution in [0.4, 0.5) is 5.13 Å². The Morgan fingerprint density at radius 1 is 1.11 bits per heavy atom. The lowest BCUT2D eigenvalue weighted by Gasteiger charge is -2.22. The molecule has 0 aliphatic heterocycles. The Morgan fingerprint density at radius 2 is 1.82 bits per heavy atom. The van der Waals surface area contributed by atoms with E-state index in [0.29, 0.717) is 33.0 Å². The molecule has 28 heavy (non-hydrogen) atoms. The van der Waals surface area contributed by atoms with Gasteiger partial charge in [-0.1, -0.05) is 34.5 Å². The largest absolute Gasteiger partial charge is 0.496 e. The number of carbonyl (C=O) groups is 1. The van der Waals surface area contributed by atoms with Crippen LogP contribution < -0.4 is 9.64 Å². The van der Waals surface area contributed by atoms with Crippen molar-refractivity contribution < 1.29 is 9.53 Å². The minimum atomic E-state index is -0.191. The van der Waals surface area contributed by atoms with Gasteiger partial charge in [0, 0.05) is 16.6 Å². The van der Waals surface area contributed by atoms with Gasteiger partial charge in [-0.15, -0.1) is 0 Å². The van der Waals surface area contributed by atoms with Crippen molar-refractivity contribution in [2.24, 2.45) is 0 Å². The SMILES string of the molecule is COc1ccc(Cl)cc1C(=O)N(CCCN(C)C)c1nc2ccc(Cl)cc2s1. The fourth-order valence-electron chi connectivity index (χ4n) is 2.82. The van der Waals surface area contributed by atoms with Gasteiger partial charge in [0.15, 0.2) is 5.13 Å². The van der Waals surface area contributed by atoms with E-state index in [4.69, 9.17) is 27.9 Å². The molecular weight excluding hydrogens is 417 g/mol. The first-order valence-electron chi connectivity index (χ1n) is 8.75. The highest BCUT2D eigenvalue weighted by molar-refractivity contribution is 7.22. The second kappa shape index (κ2) is 9.09. The minimum absolute atomic E-state index is 0.191. The van der Waals surface area contributed by atoms with Gasteiger partial charge in [-0.3, -0.25) is 9.69 Å². The number of anilines is 1. The number of aromatic nitrogens is 1. The summed E-state index contributed by atoms with van der Waals surface area (Å²) in [6, 6.07) is 10.6. The number of benzene rings is 2. The Kier molecular flexibility index (Phi) is 6.78. The fraction of sp³-hybridized carbons (Fsp3) is 0.300. The lowest BCUT2D eigenvalue weighted by Crippen LogP contribution is -2.33. The van der Waals surface area contributed by atoms with Gasteiger partial charge in [0.2, 0.25) is 0 Å². The number of methoxy groups -OCH3 is 1. The highest BCUT2D eigenvalue weighted by atomic mass is 35.5. The summed E-state index contributed by atoms with van der Waals surface area (Å²) in [5.41, 5.74) is 1.23. The van der Waals surface area contributed by atoms with Crippen molar-refractivity contribution in [2.45, 2.75) is 6.42 Å².